The van der Waals surface area contributed by atoms with Crippen LogP contribution in [0.3, 0.4) is 0 Å². The first-order valence-corrected chi connectivity index (χ1v) is 10.1. The quantitative estimate of drug-likeness (QED) is 0.306. The number of thioether (sulfide) groups is 1. The Labute approximate surface area is 173 Å². The molecule has 154 valence electrons. The van der Waals surface area contributed by atoms with Crippen molar-refractivity contribution in [2.24, 2.45) is 0 Å². The van der Waals surface area contributed by atoms with E-state index < -0.39 is 0 Å². The molecule has 0 amide bonds. The average Bonchev–Trinajstić information content (AvgIpc) is 3.12. The Morgan fingerprint density at radius 3 is 2.28 bits per heavy atom. The van der Waals surface area contributed by atoms with Crippen LogP contribution in [-0.2, 0) is 0 Å². The molecule has 29 heavy (non-hydrogen) atoms. The number of ether oxygens (including phenoxy) is 4. The second-order valence-electron chi connectivity index (χ2n) is 5.85. The molecule has 0 atom stereocenters. The van der Waals surface area contributed by atoms with Gasteiger partial charge in [0.05, 0.1) is 27.4 Å². The van der Waals surface area contributed by atoms with E-state index in [1.54, 1.807) is 20.3 Å². The van der Waals surface area contributed by atoms with Crippen molar-refractivity contribution >= 4 is 11.8 Å². The Hall–Kier alpha value is -3.07. The minimum Gasteiger partial charge on any atom is -0.494 e. The van der Waals surface area contributed by atoms with E-state index in [4.69, 9.17) is 24.8 Å². The topological polar surface area (TPSA) is 93.6 Å². The standard InChI is InChI=1S/C20H24N4O4S/c1-4-27-15-6-8-16(9-7-15)28-11-12-29-20-23-22-19(24(20)21)14-5-10-17(25-2)18(13-14)26-3/h5-10,13H,4,11-12,21H2,1-3H3. The van der Waals surface area contributed by atoms with Gasteiger partial charge in [0.1, 0.15) is 11.5 Å². The molecule has 0 spiro atoms. The number of hydrogen-bond donors (Lipinski definition) is 1. The van der Waals surface area contributed by atoms with Crippen molar-refractivity contribution in [3.05, 3.63) is 42.5 Å². The Morgan fingerprint density at radius 2 is 1.62 bits per heavy atom. The summed E-state index contributed by atoms with van der Waals surface area (Å²) in [5, 5.41) is 8.97. The summed E-state index contributed by atoms with van der Waals surface area (Å²) in [6, 6.07) is 13.0. The summed E-state index contributed by atoms with van der Waals surface area (Å²) in [5.41, 5.74) is 0.787. The Kier molecular flexibility index (Phi) is 7.07. The van der Waals surface area contributed by atoms with Crippen LogP contribution in [-0.4, -0.2) is 48.1 Å². The van der Waals surface area contributed by atoms with Crippen LogP contribution in [0.5, 0.6) is 23.0 Å². The van der Waals surface area contributed by atoms with Gasteiger partial charge in [-0.2, -0.15) is 0 Å². The van der Waals surface area contributed by atoms with E-state index in [9.17, 15) is 0 Å². The number of rotatable bonds is 10. The lowest BCUT2D eigenvalue weighted by Gasteiger charge is -2.09. The molecule has 0 aliphatic carbocycles. The molecule has 0 fully saturated rings. The molecule has 8 nitrogen and oxygen atoms in total. The van der Waals surface area contributed by atoms with E-state index in [1.165, 1.54) is 16.4 Å². The molecule has 0 bridgehead atoms. The molecule has 0 saturated carbocycles. The van der Waals surface area contributed by atoms with Crippen LogP contribution >= 0.6 is 11.8 Å². The van der Waals surface area contributed by atoms with E-state index in [1.807, 2.05) is 43.3 Å². The van der Waals surface area contributed by atoms with E-state index in [2.05, 4.69) is 10.2 Å². The largest absolute Gasteiger partial charge is 0.494 e. The summed E-state index contributed by atoms with van der Waals surface area (Å²) < 4.78 is 23.2. The lowest BCUT2D eigenvalue weighted by Crippen LogP contribution is -2.12. The molecule has 3 aromatic rings. The summed E-state index contributed by atoms with van der Waals surface area (Å²) in [5.74, 6) is 10.3. The third kappa shape index (κ3) is 5.05. The van der Waals surface area contributed by atoms with Crippen LogP contribution in [0.15, 0.2) is 47.6 Å². The summed E-state index contributed by atoms with van der Waals surface area (Å²) in [4.78, 5) is 0. The number of hydrogen-bond acceptors (Lipinski definition) is 8. The van der Waals surface area contributed by atoms with Crippen LogP contribution in [0.4, 0.5) is 0 Å². The molecule has 0 aliphatic heterocycles. The zero-order valence-electron chi connectivity index (χ0n) is 16.6. The summed E-state index contributed by atoms with van der Waals surface area (Å²) in [6.45, 7) is 3.10. The van der Waals surface area contributed by atoms with Gasteiger partial charge in [-0.3, -0.25) is 0 Å². The number of nitrogen functional groups attached to an aromatic ring is 1. The number of aromatic nitrogens is 3. The Bertz CT molecular complexity index is 931. The van der Waals surface area contributed by atoms with Crippen LogP contribution in [0.1, 0.15) is 6.92 Å². The molecular weight excluding hydrogens is 392 g/mol. The maximum atomic E-state index is 6.18. The molecule has 9 heteroatoms. The molecule has 0 aliphatic rings. The SMILES string of the molecule is CCOc1ccc(OCCSc2nnc(-c3ccc(OC)c(OC)c3)n2N)cc1. The van der Waals surface area contributed by atoms with Gasteiger partial charge >= 0.3 is 0 Å². The zero-order chi connectivity index (χ0) is 20.6. The van der Waals surface area contributed by atoms with Crippen molar-refractivity contribution in [3.8, 4) is 34.4 Å². The van der Waals surface area contributed by atoms with Crippen molar-refractivity contribution in [1.29, 1.82) is 0 Å². The zero-order valence-corrected chi connectivity index (χ0v) is 17.4. The maximum Gasteiger partial charge on any atom is 0.210 e. The minimum atomic E-state index is 0.511. The van der Waals surface area contributed by atoms with Gasteiger partial charge in [-0.25, -0.2) is 4.68 Å². The highest BCUT2D eigenvalue weighted by molar-refractivity contribution is 7.99. The van der Waals surface area contributed by atoms with Crippen molar-refractivity contribution in [1.82, 2.24) is 14.9 Å². The minimum absolute atomic E-state index is 0.511. The molecule has 0 radical (unpaired) electrons. The Morgan fingerprint density at radius 1 is 0.931 bits per heavy atom. The van der Waals surface area contributed by atoms with Crippen LogP contribution in [0, 0.1) is 0 Å². The maximum absolute atomic E-state index is 6.18. The van der Waals surface area contributed by atoms with Crippen LogP contribution in [0.2, 0.25) is 0 Å². The van der Waals surface area contributed by atoms with Gasteiger partial charge in [0.15, 0.2) is 17.3 Å². The first kappa shape index (κ1) is 20.7. The molecular formula is C20H24N4O4S. The second kappa shape index (κ2) is 9.92. The summed E-state index contributed by atoms with van der Waals surface area (Å²) >= 11 is 1.47. The van der Waals surface area contributed by atoms with E-state index in [-0.39, 0.29) is 0 Å². The molecule has 2 N–H and O–H groups in total. The van der Waals surface area contributed by atoms with Gasteiger partial charge in [-0.05, 0) is 49.4 Å². The first-order valence-electron chi connectivity index (χ1n) is 9.07. The van der Waals surface area contributed by atoms with Gasteiger partial charge < -0.3 is 24.8 Å². The lowest BCUT2D eigenvalue weighted by molar-refractivity contribution is 0.332. The van der Waals surface area contributed by atoms with Gasteiger partial charge in [0, 0.05) is 11.3 Å². The van der Waals surface area contributed by atoms with E-state index in [0.29, 0.717) is 41.4 Å². The molecule has 0 saturated heterocycles. The highest BCUT2D eigenvalue weighted by Crippen LogP contribution is 2.32. The monoisotopic (exact) mass is 416 g/mol. The fourth-order valence-electron chi connectivity index (χ4n) is 2.64. The molecule has 2 aromatic carbocycles. The van der Waals surface area contributed by atoms with Gasteiger partial charge in [0.2, 0.25) is 5.16 Å². The highest BCUT2D eigenvalue weighted by Gasteiger charge is 2.14. The second-order valence-corrected chi connectivity index (χ2v) is 6.91. The predicted octanol–water partition coefficient (Wildman–Crippen LogP) is 3.25. The normalized spacial score (nSPS) is 10.6. The van der Waals surface area contributed by atoms with Crippen LogP contribution in [0.25, 0.3) is 11.4 Å². The van der Waals surface area contributed by atoms with Gasteiger partial charge in [-0.1, -0.05) is 11.8 Å². The number of nitrogens with zero attached hydrogens (tertiary/aromatic N) is 3. The predicted molar refractivity (Wildman–Crippen MR) is 113 cm³/mol. The number of benzene rings is 2. The van der Waals surface area contributed by atoms with Gasteiger partial charge in [-0.15, -0.1) is 10.2 Å². The van der Waals surface area contributed by atoms with Crippen molar-refractivity contribution < 1.29 is 18.9 Å². The fraction of sp³-hybridized carbons (Fsp3) is 0.300. The molecule has 0 unspecified atom stereocenters. The van der Waals surface area contributed by atoms with Crippen molar-refractivity contribution in [3.63, 3.8) is 0 Å². The van der Waals surface area contributed by atoms with E-state index >= 15 is 0 Å². The fourth-order valence-corrected chi connectivity index (χ4v) is 3.31. The first-order chi connectivity index (χ1) is 14.2. The average molecular weight is 417 g/mol. The molecule has 1 aromatic heterocycles. The Balaban J connectivity index is 1.57. The van der Waals surface area contributed by atoms with E-state index in [0.717, 1.165) is 17.1 Å². The van der Waals surface area contributed by atoms with Crippen LogP contribution < -0.4 is 24.8 Å². The summed E-state index contributed by atoms with van der Waals surface area (Å²) in [6.07, 6.45) is 0. The number of methoxy groups -OCH3 is 2. The smallest absolute Gasteiger partial charge is 0.210 e. The van der Waals surface area contributed by atoms with Crippen molar-refractivity contribution in [2.45, 2.75) is 12.1 Å². The lowest BCUT2D eigenvalue weighted by atomic mass is 10.2. The third-order valence-electron chi connectivity index (χ3n) is 4.02. The number of nitrogens with two attached hydrogens (primary N) is 1. The highest BCUT2D eigenvalue weighted by atomic mass is 32.2. The summed E-state index contributed by atoms with van der Waals surface area (Å²) in [7, 11) is 3.17. The molecule has 1 heterocycles. The molecule has 3 rings (SSSR count). The van der Waals surface area contributed by atoms with Gasteiger partial charge in [0.25, 0.3) is 0 Å². The van der Waals surface area contributed by atoms with Crippen molar-refractivity contribution in [2.75, 3.05) is 39.0 Å². The third-order valence-corrected chi connectivity index (χ3v) is 4.93.